The van der Waals surface area contributed by atoms with E-state index < -0.39 is 5.97 Å². The predicted octanol–water partition coefficient (Wildman–Crippen LogP) is 6.63. The van der Waals surface area contributed by atoms with Crippen molar-refractivity contribution in [2.75, 3.05) is 0 Å². The Morgan fingerprint density at radius 1 is 1.00 bits per heavy atom. The van der Waals surface area contributed by atoms with Gasteiger partial charge in [-0.05, 0) is 59.6 Å². The van der Waals surface area contributed by atoms with Crippen LogP contribution in [0, 0.1) is 0 Å². The molecule has 26 heavy (non-hydrogen) atoms. The molecular formula is C24H30O2. The van der Waals surface area contributed by atoms with E-state index in [9.17, 15) is 9.90 Å². The molecule has 2 aromatic rings. The third-order valence-corrected chi connectivity index (χ3v) is 4.78. The fraction of sp³-hybridized carbons (Fsp3) is 0.375. The molecule has 0 aliphatic rings. The highest BCUT2D eigenvalue weighted by atomic mass is 16.4. The summed E-state index contributed by atoms with van der Waals surface area (Å²) < 4.78 is 0. The van der Waals surface area contributed by atoms with Gasteiger partial charge in [-0.2, -0.15) is 0 Å². The van der Waals surface area contributed by atoms with E-state index in [1.165, 1.54) is 11.1 Å². The van der Waals surface area contributed by atoms with Gasteiger partial charge >= 0.3 is 5.97 Å². The van der Waals surface area contributed by atoms with E-state index in [-0.39, 0.29) is 0 Å². The van der Waals surface area contributed by atoms with Crippen LogP contribution >= 0.6 is 0 Å². The van der Waals surface area contributed by atoms with Crippen molar-refractivity contribution < 1.29 is 9.90 Å². The summed E-state index contributed by atoms with van der Waals surface area (Å²) in [5.41, 5.74) is 6.14. The van der Waals surface area contributed by atoms with Crippen LogP contribution in [0.1, 0.15) is 79.1 Å². The molecule has 2 rings (SSSR count). The first kappa shape index (κ1) is 20.0. The van der Waals surface area contributed by atoms with Crippen molar-refractivity contribution in [1.82, 2.24) is 0 Å². The standard InChI is InChI=1S/C24H30O2/c1-4-7-14-20(17-18-12-9-8-10-13-18)23-21(11-5-2)19(6-3)15-16-22(23)24(25)26/h8-10,12-13,15-17H,4-7,11,14H2,1-3H3,(H,25,26). The zero-order chi connectivity index (χ0) is 18.9. The highest BCUT2D eigenvalue weighted by Crippen LogP contribution is 2.33. The van der Waals surface area contributed by atoms with Crippen LogP contribution in [0.25, 0.3) is 11.6 Å². The van der Waals surface area contributed by atoms with Gasteiger partial charge in [0.2, 0.25) is 0 Å². The van der Waals surface area contributed by atoms with E-state index in [0.29, 0.717) is 5.56 Å². The average Bonchev–Trinajstić information content (AvgIpc) is 2.65. The van der Waals surface area contributed by atoms with Crippen LogP contribution in [-0.2, 0) is 12.8 Å². The average molecular weight is 351 g/mol. The number of carbonyl (C=O) groups is 1. The second-order valence-electron chi connectivity index (χ2n) is 6.72. The Bertz CT molecular complexity index is 757. The maximum Gasteiger partial charge on any atom is 0.336 e. The smallest absolute Gasteiger partial charge is 0.336 e. The topological polar surface area (TPSA) is 37.3 Å². The fourth-order valence-electron chi connectivity index (χ4n) is 3.49. The van der Waals surface area contributed by atoms with E-state index in [1.54, 1.807) is 6.07 Å². The number of hydrogen-bond donors (Lipinski definition) is 1. The maximum atomic E-state index is 12.0. The number of benzene rings is 2. The number of unbranched alkanes of at least 4 members (excludes halogenated alkanes) is 1. The van der Waals surface area contributed by atoms with Gasteiger partial charge in [0.1, 0.15) is 0 Å². The third-order valence-electron chi connectivity index (χ3n) is 4.78. The lowest BCUT2D eigenvalue weighted by Crippen LogP contribution is -2.09. The number of carboxylic acids is 1. The van der Waals surface area contributed by atoms with Crippen LogP contribution in [0.5, 0.6) is 0 Å². The minimum Gasteiger partial charge on any atom is -0.478 e. The Morgan fingerprint density at radius 3 is 2.31 bits per heavy atom. The summed E-state index contributed by atoms with van der Waals surface area (Å²) in [7, 11) is 0. The molecule has 0 heterocycles. The molecule has 2 heteroatoms. The Morgan fingerprint density at radius 2 is 1.73 bits per heavy atom. The van der Waals surface area contributed by atoms with E-state index in [2.05, 4.69) is 39.0 Å². The largest absolute Gasteiger partial charge is 0.478 e. The van der Waals surface area contributed by atoms with Crippen LogP contribution < -0.4 is 0 Å². The van der Waals surface area contributed by atoms with Gasteiger partial charge < -0.3 is 5.11 Å². The molecule has 0 bridgehead atoms. The number of hydrogen-bond acceptors (Lipinski definition) is 1. The second kappa shape index (κ2) is 9.96. The van der Waals surface area contributed by atoms with E-state index in [4.69, 9.17) is 0 Å². The molecule has 0 aliphatic heterocycles. The first-order valence-electron chi connectivity index (χ1n) is 9.76. The molecule has 0 saturated heterocycles. The number of aromatic carboxylic acids is 1. The van der Waals surface area contributed by atoms with E-state index in [1.807, 2.05) is 24.3 Å². The van der Waals surface area contributed by atoms with Crippen molar-refractivity contribution in [3.05, 3.63) is 70.3 Å². The summed E-state index contributed by atoms with van der Waals surface area (Å²) in [6.45, 7) is 6.47. The first-order valence-corrected chi connectivity index (χ1v) is 9.76. The van der Waals surface area contributed by atoms with Crippen LogP contribution in [0.15, 0.2) is 42.5 Å². The van der Waals surface area contributed by atoms with Gasteiger partial charge in [0.25, 0.3) is 0 Å². The molecule has 1 N–H and O–H groups in total. The lowest BCUT2D eigenvalue weighted by Gasteiger charge is -2.19. The Labute approximate surface area is 157 Å². The summed E-state index contributed by atoms with van der Waals surface area (Å²) in [4.78, 5) is 12.0. The van der Waals surface area contributed by atoms with Gasteiger partial charge in [0.05, 0.1) is 5.56 Å². The molecule has 0 amide bonds. The number of aryl methyl sites for hydroxylation is 1. The zero-order valence-electron chi connectivity index (χ0n) is 16.2. The Hall–Kier alpha value is -2.35. The maximum absolute atomic E-state index is 12.0. The van der Waals surface area contributed by atoms with Crippen molar-refractivity contribution in [3.63, 3.8) is 0 Å². The molecule has 0 saturated carbocycles. The summed E-state index contributed by atoms with van der Waals surface area (Å²) in [5.74, 6) is -0.838. The summed E-state index contributed by atoms with van der Waals surface area (Å²) in [6, 6.07) is 14.0. The Balaban J connectivity index is 2.71. The molecule has 0 aliphatic carbocycles. The SMILES string of the molecule is CCCCC(=Cc1ccccc1)c1c(C(=O)O)ccc(CC)c1CCC. The predicted molar refractivity (Wildman–Crippen MR) is 111 cm³/mol. The Kier molecular flexibility index (Phi) is 7.65. The third kappa shape index (κ3) is 4.85. The van der Waals surface area contributed by atoms with Gasteiger partial charge in [-0.1, -0.05) is 76.1 Å². The van der Waals surface area contributed by atoms with Crippen LogP contribution in [0.2, 0.25) is 0 Å². The van der Waals surface area contributed by atoms with Crippen LogP contribution in [0.4, 0.5) is 0 Å². The second-order valence-corrected chi connectivity index (χ2v) is 6.72. The number of allylic oxidation sites excluding steroid dienone is 1. The van der Waals surface area contributed by atoms with Gasteiger partial charge in [-0.3, -0.25) is 0 Å². The number of carboxylic acid groups (broad SMARTS) is 1. The van der Waals surface area contributed by atoms with Crippen molar-refractivity contribution in [2.45, 2.75) is 59.3 Å². The minimum absolute atomic E-state index is 0.434. The summed E-state index contributed by atoms with van der Waals surface area (Å²) >= 11 is 0. The molecule has 2 nitrogen and oxygen atoms in total. The quantitative estimate of drug-likeness (QED) is 0.515. The fourth-order valence-corrected chi connectivity index (χ4v) is 3.49. The molecule has 0 spiro atoms. The van der Waals surface area contributed by atoms with Crippen molar-refractivity contribution in [1.29, 1.82) is 0 Å². The molecule has 138 valence electrons. The zero-order valence-corrected chi connectivity index (χ0v) is 16.2. The molecule has 0 atom stereocenters. The van der Waals surface area contributed by atoms with Crippen molar-refractivity contribution in [2.24, 2.45) is 0 Å². The van der Waals surface area contributed by atoms with E-state index >= 15 is 0 Å². The van der Waals surface area contributed by atoms with Crippen molar-refractivity contribution >= 4 is 17.6 Å². The molecule has 0 aromatic heterocycles. The lowest BCUT2D eigenvalue weighted by molar-refractivity contribution is 0.0696. The van der Waals surface area contributed by atoms with Gasteiger partial charge in [-0.15, -0.1) is 0 Å². The first-order chi connectivity index (χ1) is 12.6. The molecule has 0 fully saturated rings. The normalized spacial score (nSPS) is 11.6. The highest BCUT2D eigenvalue weighted by molar-refractivity contribution is 5.98. The van der Waals surface area contributed by atoms with Crippen LogP contribution in [-0.4, -0.2) is 11.1 Å². The van der Waals surface area contributed by atoms with Gasteiger partial charge in [-0.25, -0.2) is 4.79 Å². The molecule has 0 radical (unpaired) electrons. The molecule has 0 unspecified atom stereocenters. The molecule has 2 aromatic carbocycles. The summed E-state index contributed by atoms with van der Waals surface area (Å²) in [6.07, 6.45) is 8.07. The van der Waals surface area contributed by atoms with E-state index in [0.717, 1.165) is 55.2 Å². The monoisotopic (exact) mass is 350 g/mol. The summed E-state index contributed by atoms with van der Waals surface area (Å²) in [5, 5.41) is 9.84. The van der Waals surface area contributed by atoms with Gasteiger partial charge in [0, 0.05) is 0 Å². The number of rotatable bonds is 9. The minimum atomic E-state index is -0.838. The van der Waals surface area contributed by atoms with Gasteiger partial charge in [0.15, 0.2) is 0 Å². The van der Waals surface area contributed by atoms with Crippen LogP contribution in [0.3, 0.4) is 0 Å². The van der Waals surface area contributed by atoms with Crippen molar-refractivity contribution in [3.8, 4) is 0 Å². The highest BCUT2D eigenvalue weighted by Gasteiger charge is 2.19. The molecular weight excluding hydrogens is 320 g/mol. The lowest BCUT2D eigenvalue weighted by atomic mass is 9.85.